The largest absolute Gasteiger partial charge is 2.00 e. The summed E-state index contributed by atoms with van der Waals surface area (Å²) in [5, 5.41) is 44.2. The van der Waals surface area contributed by atoms with Gasteiger partial charge in [0.2, 0.25) is 0 Å². The van der Waals surface area contributed by atoms with Crippen molar-refractivity contribution in [1.29, 1.82) is 0 Å². The van der Waals surface area contributed by atoms with Gasteiger partial charge in [-0.15, -0.1) is 0 Å². The van der Waals surface area contributed by atoms with Crippen molar-refractivity contribution in [2.24, 2.45) is 0 Å². The minimum atomic E-state index is 0. The molecule has 20 heavy (non-hydrogen) atoms. The first-order valence-corrected chi connectivity index (χ1v) is 4.00. The molecule has 0 rings (SSSR count). The fourth-order valence-electron chi connectivity index (χ4n) is 0.231. The van der Waals surface area contributed by atoms with E-state index in [2.05, 4.69) is 4.74 Å². The minimum Gasteiger partial charge on any atom is -0.400 e. The van der Waals surface area contributed by atoms with Gasteiger partial charge in [-0.2, -0.15) is 0 Å². The third-order valence-electron chi connectivity index (χ3n) is 0.471. The van der Waals surface area contributed by atoms with Crippen molar-refractivity contribution in [3.63, 3.8) is 0 Å². The van der Waals surface area contributed by atoms with Crippen molar-refractivity contribution < 1.29 is 78.8 Å². The van der Waals surface area contributed by atoms with Gasteiger partial charge in [0.15, 0.2) is 0 Å². The molecule has 0 heterocycles. The van der Waals surface area contributed by atoms with Gasteiger partial charge in [0.25, 0.3) is 0 Å². The SMILES string of the molecule is CO.CO.CO.CO.OCCOCCO.[CH3-].[CH3-].[CH3-].[Ti+2].[Ti]. The fourth-order valence-corrected chi connectivity index (χ4v) is 0.231. The number of rotatable bonds is 4. The Kier molecular flexibility index (Phi) is 675. The maximum absolute atomic E-state index is 8.09. The van der Waals surface area contributed by atoms with Gasteiger partial charge in [0, 0.05) is 50.2 Å². The average Bonchev–Trinajstić information content (AvgIpc) is 2.40. The molecular weight excluding hydrogens is 340 g/mol. The molecule has 0 fully saturated rings. The van der Waals surface area contributed by atoms with Crippen LogP contribution in [0, 0.1) is 22.3 Å². The molecule has 0 aromatic rings. The molecule has 0 aromatic heterocycles. The van der Waals surface area contributed by atoms with Gasteiger partial charge in [-0.3, -0.25) is 0 Å². The van der Waals surface area contributed by atoms with Crippen LogP contribution in [-0.2, 0) is 48.2 Å². The van der Waals surface area contributed by atoms with Gasteiger partial charge in [0.1, 0.15) is 0 Å². The van der Waals surface area contributed by atoms with Crippen LogP contribution >= 0.6 is 0 Å². The van der Waals surface area contributed by atoms with E-state index < -0.39 is 0 Å². The third-order valence-corrected chi connectivity index (χ3v) is 0.471. The number of aliphatic hydroxyl groups excluding tert-OH is 6. The second-order valence-corrected chi connectivity index (χ2v) is 1.06. The second kappa shape index (κ2) is 195. The molecule has 0 atom stereocenters. The molecule has 0 radical (unpaired) electrons. The maximum Gasteiger partial charge on any atom is 2.00 e. The minimum absolute atomic E-state index is 0. The number of hydrogen-bond donors (Lipinski definition) is 6. The van der Waals surface area contributed by atoms with Crippen LogP contribution in [0.2, 0.25) is 0 Å². The molecule has 9 heteroatoms. The summed E-state index contributed by atoms with van der Waals surface area (Å²) in [6.07, 6.45) is 0. The van der Waals surface area contributed by atoms with Crippen LogP contribution in [0.25, 0.3) is 0 Å². The number of hydrogen-bond acceptors (Lipinski definition) is 7. The molecule has 0 saturated carbocycles. The summed E-state index contributed by atoms with van der Waals surface area (Å²) in [7, 11) is 4.00. The van der Waals surface area contributed by atoms with E-state index in [1.54, 1.807) is 0 Å². The molecule has 130 valence electrons. The van der Waals surface area contributed by atoms with E-state index in [1.165, 1.54) is 0 Å². The summed E-state index contributed by atoms with van der Waals surface area (Å²) < 4.78 is 4.63. The Hall–Kier alpha value is 1.15. The van der Waals surface area contributed by atoms with E-state index in [9.17, 15) is 0 Å². The van der Waals surface area contributed by atoms with E-state index in [1.807, 2.05) is 0 Å². The predicted octanol–water partition coefficient (Wildman–Crippen LogP) is -1.23. The second-order valence-electron chi connectivity index (χ2n) is 1.06. The van der Waals surface area contributed by atoms with Crippen LogP contribution in [0.1, 0.15) is 0 Å². The van der Waals surface area contributed by atoms with Crippen LogP contribution < -0.4 is 0 Å². The van der Waals surface area contributed by atoms with E-state index in [0.29, 0.717) is 13.2 Å². The monoisotopic (exact) mass is 375 g/mol. The molecule has 7 nitrogen and oxygen atoms in total. The Morgan fingerprint density at radius 3 is 0.850 bits per heavy atom. The normalized spacial score (nSPS) is 4.50. The quantitative estimate of drug-likeness (QED) is 0.206. The van der Waals surface area contributed by atoms with Crippen molar-refractivity contribution in [3.8, 4) is 0 Å². The van der Waals surface area contributed by atoms with Gasteiger partial charge >= 0.3 is 21.7 Å². The van der Waals surface area contributed by atoms with Crippen LogP contribution in [0.3, 0.4) is 0 Å². The van der Waals surface area contributed by atoms with Crippen molar-refractivity contribution in [2.75, 3.05) is 54.9 Å². The number of ether oxygens (including phenoxy) is 1. The summed E-state index contributed by atoms with van der Waals surface area (Å²) in [6, 6.07) is 0. The zero-order chi connectivity index (χ0) is 13.5. The van der Waals surface area contributed by atoms with Gasteiger partial charge in [0.05, 0.1) is 26.4 Å². The van der Waals surface area contributed by atoms with Crippen LogP contribution in [0.5, 0.6) is 0 Å². The summed E-state index contributed by atoms with van der Waals surface area (Å²) in [4.78, 5) is 0. The Balaban J connectivity index is -0.00000000855. The van der Waals surface area contributed by atoms with E-state index in [4.69, 9.17) is 30.6 Å². The van der Waals surface area contributed by atoms with E-state index in [-0.39, 0.29) is 78.9 Å². The first-order chi connectivity index (χ1) is 7.41. The summed E-state index contributed by atoms with van der Waals surface area (Å²) >= 11 is 0. The molecule has 0 amide bonds. The number of aliphatic hydroxyl groups is 6. The summed E-state index contributed by atoms with van der Waals surface area (Å²) in [5.74, 6) is 0. The molecule has 0 aliphatic carbocycles. The van der Waals surface area contributed by atoms with Crippen molar-refractivity contribution in [3.05, 3.63) is 22.3 Å². The molecule has 0 spiro atoms. The zero-order valence-electron chi connectivity index (χ0n) is 13.9. The van der Waals surface area contributed by atoms with Crippen molar-refractivity contribution >= 4 is 0 Å². The first kappa shape index (κ1) is 69.1. The van der Waals surface area contributed by atoms with Crippen molar-refractivity contribution in [2.45, 2.75) is 0 Å². The van der Waals surface area contributed by atoms with Gasteiger partial charge in [-0.1, -0.05) is 0 Å². The Morgan fingerprint density at radius 1 is 0.600 bits per heavy atom. The molecule has 0 bridgehead atoms. The maximum atomic E-state index is 8.09. The first-order valence-electron chi connectivity index (χ1n) is 4.00. The van der Waals surface area contributed by atoms with Gasteiger partial charge < -0.3 is 57.7 Å². The standard InChI is InChI=1S/C4H10O3.4CH4O.3CH3.2Ti/c5-1-3-7-4-2-6;4*1-2;;;;;/h5-6H,1-4H2;4*2H,1H3;3*1H3;;/q;;;;;3*-1;;+2. The van der Waals surface area contributed by atoms with E-state index >= 15 is 0 Å². The zero-order valence-corrected chi connectivity index (χ0v) is 17.0. The average molecular weight is 375 g/mol. The molecule has 0 aliphatic rings. The fraction of sp³-hybridized carbons (Fsp3) is 0.727. The molecule has 0 saturated heterocycles. The van der Waals surface area contributed by atoms with Crippen LogP contribution in [-0.4, -0.2) is 85.5 Å². The topological polar surface area (TPSA) is 131 Å². The summed E-state index contributed by atoms with van der Waals surface area (Å²) in [5.41, 5.74) is 0. The van der Waals surface area contributed by atoms with E-state index in [0.717, 1.165) is 28.4 Å². The molecule has 0 aromatic carbocycles. The Labute approximate surface area is 155 Å². The molecule has 0 aliphatic heterocycles. The van der Waals surface area contributed by atoms with Crippen LogP contribution in [0.4, 0.5) is 0 Å². The smallest absolute Gasteiger partial charge is 0.400 e. The third kappa shape index (κ3) is 238. The van der Waals surface area contributed by atoms with Crippen molar-refractivity contribution in [1.82, 2.24) is 0 Å². The summed E-state index contributed by atoms with van der Waals surface area (Å²) in [6.45, 7) is 0.696. The van der Waals surface area contributed by atoms with Crippen LogP contribution in [0.15, 0.2) is 0 Å². The molecular formula is C11H35O7Ti2-. The van der Waals surface area contributed by atoms with Gasteiger partial charge in [-0.25, -0.2) is 0 Å². The Bertz CT molecular complexity index is 46.0. The predicted molar refractivity (Wildman–Crippen MR) is 76.8 cm³/mol. The molecule has 0 unspecified atom stereocenters. The Morgan fingerprint density at radius 2 is 0.750 bits per heavy atom. The van der Waals surface area contributed by atoms with Gasteiger partial charge in [-0.05, 0) is 0 Å². The molecule has 6 N–H and O–H groups in total.